The zero-order valence-corrected chi connectivity index (χ0v) is 25.3. The average molecular weight is 580 g/mol. The van der Waals surface area contributed by atoms with E-state index in [2.05, 4.69) is 20.9 Å². The molecule has 1 aromatic rings. The van der Waals surface area contributed by atoms with Crippen molar-refractivity contribution < 1.29 is 28.6 Å². The maximum absolute atomic E-state index is 12.4. The fourth-order valence-electron chi connectivity index (χ4n) is 4.01. The highest BCUT2D eigenvalue weighted by molar-refractivity contribution is 8.13. The van der Waals surface area contributed by atoms with Crippen LogP contribution >= 0.6 is 11.8 Å². The third-order valence-electron chi connectivity index (χ3n) is 5.90. The molecule has 2 rings (SSSR count). The number of nitrogens with one attached hydrogen (secondary N) is 3. The Morgan fingerprint density at radius 2 is 1.85 bits per heavy atom. The molecule has 2 amide bonds. The van der Waals surface area contributed by atoms with Gasteiger partial charge in [-0.25, -0.2) is 14.6 Å². The highest BCUT2D eigenvalue weighted by atomic mass is 32.2. The summed E-state index contributed by atoms with van der Waals surface area (Å²) in [5.74, 6) is 0.396. The first kappa shape index (κ1) is 33.2. The van der Waals surface area contributed by atoms with Crippen molar-refractivity contribution in [2.75, 3.05) is 32.7 Å². The summed E-state index contributed by atoms with van der Waals surface area (Å²) in [5.41, 5.74) is 0.329. The lowest BCUT2D eigenvalue weighted by Gasteiger charge is -2.34. The zero-order chi connectivity index (χ0) is 29.5. The maximum atomic E-state index is 12.4. The number of nitrogens with zero attached hydrogens (tertiary/aromatic N) is 2. The number of amides is 2. The fourth-order valence-corrected chi connectivity index (χ4v) is 4.93. The van der Waals surface area contributed by atoms with Gasteiger partial charge in [0.25, 0.3) is 0 Å². The van der Waals surface area contributed by atoms with Gasteiger partial charge in [0.15, 0.2) is 5.17 Å². The van der Waals surface area contributed by atoms with Crippen molar-refractivity contribution in [3.63, 3.8) is 0 Å². The number of hydrogen-bond acceptors (Lipinski definition) is 10. The van der Waals surface area contributed by atoms with Gasteiger partial charge in [-0.2, -0.15) is 0 Å². The fraction of sp³-hybridized carbons (Fsp3) is 0.643. The lowest BCUT2D eigenvalue weighted by molar-refractivity contribution is -0.149. The van der Waals surface area contributed by atoms with Crippen LogP contribution in [-0.2, 0) is 25.6 Å². The van der Waals surface area contributed by atoms with Gasteiger partial charge in [-0.15, -0.1) is 0 Å². The number of benzene rings is 1. The number of alkyl carbamates (subject to hydrolysis) is 2. The largest absolute Gasteiger partial charge is 0.468 e. The van der Waals surface area contributed by atoms with Crippen LogP contribution < -0.4 is 16.0 Å². The van der Waals surface area contributed by atoms with E-state index in [4.69, 9.17) is 14.2 Å². The molecule has 3 N–H and O–H groups in total. The normalized spacial score (nSPS) is 15.3. The van der Waals surface area contributed by atoms with E-state index < -0.39 is 17.8 Å². The van der Waals surface area contributed by atoms with Crippen molar-refractivity contribution in [3.8, 4) is 0 Å². The Morgan fingerprint density at radius 1 is 1.12 bits per heavy atom. The predicted molar refractivity (Wildman–Crippen MR) is 157 cm³/mol. The van der Waals surface area contributed by atoms with Gasteiger partial charge in [0.05, 0.1) is 20.4 Å². The number of rotatable bonds is 13. The molecular weight excluding hydrogens is 534 g/mol. The summed E-state index contributed by atoms with van der Waals surface area (Å²) in [4.78, 5) is 43.1. The molecule has 40 heavy (non-hydrogen) atoms. The van der Waals surface area contributed by atoms with Crippen molar-refractivity contribution in [3.05, 3.63) is 35.9 Å². The van der Waals surface area contributed by atoms with Gasteiger partial charge in [0, 0.05) is 18.3 Å². The van der Waals surface area contributed by atoms with Crippen LogP contribution in [-0.4, -0.2) is 78.7 Å². The Kier molecular flexibility index (Phi) is 14.1. The topological polar surface area (TPSA) is 131 Å². The number of thioether (sulfide) groups is 1. The monoisotopic (exact) mass is 579 g/mol. The summed E-state index contributed by atoms with van der Waals surface area (Å²) in [6.45, 7) is 11.0. The van der Waals surface area contributed by atoms with Gasteiger partial charge in [-0.3, -0.25) is 9.69 Å². The molecule has 0 aliphatic carbocycles. The molecule has 0 aromatic heterocycles. The molecule has 0 spiro atoms. The smallest absolute Gasteiger partial charge is 0.407 e. The number of esters is 1. The molecule has 2 atom stereocenters. The van der Waals surface area contributed by atoms with Crippen molar-refractivity contribution in [2.45, 2.75) is 78.2 Å². The van der Waals surface area contributed by atoms with Gasteiger partial charge in [-0.1, -0.05) is 55.9 Å². The minimum atomic E-state index is -0.600. The molecular formula is C28H45N5O6S. The Bertz CT molecular complexity index is 970. The summed E-state index contributed by atoms with van der Waals surface area (Å²) < 4.78 is 15.6. The molecule has 0 unspecified atom stereocenters. The van der Waals surface area contributed by atoms with Crippen LogP contribution in [0.15, 0.2) is 35.3 Å². The van der Waals surface area contributed by atoms with Gasteiger partial charge >= 0.3 is 18.2 Å². The maximum Gasteiger partial charge on any atom is 0.407 e. The highest BCUT2D eigenvalue weighted by Gasteiger charge is 2.31. The van der Waals surface area contributed by atoms with Crippen molar-refractivity contribution in [1.82, 2.24) is 20.9 Å². The number of carbonyl (C=O) groups excluding carboxylic acids is 3. The second kappa shape index (κ2) is 17.0. The van der Waals surface area contributed by atoms with E-state index in [0.717, 1.165) is 23.6 Å². The molecule has 0 fully saturated rings. The van der Waals surface area contributed by atoms with Gasteiger partial charge < -0.3 is 30.2 Å². The molecule has 0 radical (unpaired) electrons. The van der Waals surface area contributed by atoms with Gasteiger partial charge in [0.1, 0.15) is 18.2 Å². The van der Waals surface area contributed by atoms with Gasteiger partial charge in [0.2, 0.25) is 0 Å². The van der Waals surface area contributed by atoms with Crippen LogP contribution in [0.3, 0.4) is 0 Å². The van der Waals surface area contributed by atoms with Crippen molar-refractivity contribution in [2.24, 2.45) is 10.9 Å². The number of unbranched alkanes of at least 4 members (excludes halogenated alkanes) is 1. The number of ether oxygens (including phenoxy) is 3. The van der Waals surface area contributed by atoms with Crippen LogP contribution in [0.2, 0.25) is 0 Å². The number of methoxy groups -OCH3 is 1. The van der Waals surface area contributed by atoms with Crippen LogP contribution in [0.4, 0.5) is 9.59 Å². The lowest BCUT2D eigenvalue weighted by Crippen LogP contribution is -2.52. The van der Waals surface area contributed by atoms with Gasteiger partial charge in [-0.05, 0) is 51.5 Å². The third kappa shape index (κ3) is 12.9. The lowest BCUT2D eigenvalue weighted by atomic mass is 10.0. The molecule has 1 heterocycles. The Labute approximate surface area is 242 Å². The number of amidine groups is 1. The Morgan fingerprint density at radius 3 is 2.45 bits per heavy atom. The Hall–Kier alpha value is -2.99. The predicted octanol–water partition coefficient (Wildman–Crippen LogP) is 4.08. The molecule has 0 saturated heterocycles. The number of hydrogen-bond donors (Lipinski definition) is 3. The van der Waals surface area contributed by atoms with Crippen LogP contribution in [0.1, 0.15) is 59.4 Å². The summed E-state index contributed by atoms with van der Waals surface area (Å²) in [6, 6.07) is 8.97. The van der Waals surface area contributed by atoms with E-state index in [1.54, 1.807) is 0 Å². The first-order chi connectivity index (χ1) is 19.0. The third-order valence-corrected chi connectivity index (χ3v) is 7.02. The zero-order valence-electron chi connectivity index (χ0n) is 24.5. The van der Waals surface area contributed by atoms with E-state index in [1.165, 1.54) is 18.9 Å². The van der Waals surface area contributed by atoms with E-state index in [-0.39, 0.29) is 30.6 Å². The van der Waals surface area contributed by atoms with Crippen LogP contribution in [0.5, 0.6) is 0 Å². The second-order valence-electron chi connectivity index (χ2n) is 10.9. The van der Waals surface area contributed by atoms with Crippen LogP contribution in [0.25, 0.3) is 0 Å². The molecule has 0 bridgehead atoms. The molecule has 0 saturated carbocycles. The van der Waals surface area contributed by atoms with Crippen molar-refractivity contribution in [1.29, 1.82) is 0 Å². The standard InChI is InChI=1S/C28H45N5O6S/c1-20(2)23(24(34)37-6)33-18-30-25(31-19-33)40-17-22(32-27(36)39-28(3,4)5)14-10-11-15-29-26(35)38-16-21-12-8-7-9-13-21/h7-9,12-13,20,22-23H,10-11,14-19H2,1-6H3,(H,29,35)(H,30,31)(H,32,36)/t22-,23-/m0/s1. The number of aliphatic imine (C=N–C) groups is 1. The van der Waals surface area contributed by atoms with E-state index in [9.17, 15) is 14.4 Å². The first-order valence-electron chi connectivity index (χ1n) is 13.7. The molecule has 1 aromatic carbocycles. The number of carbonyl (C=O) groups is 3. The minimum Gasteiger partial charge on any atom is -0.468 e. The summed E-state index contributed by atoms with van der Waals surface area (Å²) in [6.07, 6.45) is 1.29. The van der Waals surface area contributed by atoms with Crippen molar-refractivity contribution >= 4 is 35.1 Å². The highest BCUT2D eigenvalue weighted by Crippen LogP contribution is 2.17. The SMILES string of the molecule is COC(=O)[C@H](C(C)C)N1CN=C(SC[C@H](CCCCNC(=O)OCc2ccccc2)NC(=O)OC(C)(C)C)NC1. The molecule has 224 valence electrons. The Balaban J connectivity index is 1.81. The average Bonchev–Trinajstić information content (AvgIpc) is 2.90. The molecule has 1 aliphatic heterocycles. The van der Waals surface area contributed by atoms with E-state index in [1.807, 2.05) is 69.9 Å². The molecule has 12 heteroatoms. The quantitative estimate of drug-likeness (QED) is 0.180. The van der Waals surface area contributed by atoms with E-state index >= 15 is 0 Å². The summed E-state index contributed by atoms with van der Waals surface area (Å²) in [5, 5.41) is 9.76. The first-order valence-corrected chi connectivity index (χ1v) is 14.6. The summed E-state index contributed by atoms with van der Waals surface area (Å²) in [7, 11) is 1.39. The second-order valence-corrected chi connectivity index (χ2v) is 11.9. The molecule has 1 aliphatic rings. The molecule has 11 nitrogen and oxygen atoms in total. The summed E-state index contributed by atoms with van der Waals surface area (Å²) >= 11 is 1.51. The van der Waals surface area contributed by atoms with E-state index in [0.29, 0.717) is 32.1 Å². The minimum absolute atomic E-state index is 0.0845. The van der Waals surface area contributed by atoms with Crippen LogP contribution in [0, 0.1) is 5.92 Å².